The molecule has 0 unspecified atom stereocenters. The normalized spacial score (nSPS) is 16.0. The Hall–Kier alpha value is -0.990. The molecule has 0 aromatic rings. The monoisotopic (exact) mass is 85.0 g/mol. The summed E-state index contributed by atoms with van der Waals surface area (Å²) in [7, 11) is 0. The maximum atomic E-state index is 4.52. The Morgan fingerprint density at radius 1 is 1.67 bits per heavy atom. The van der Waals surface area contributed by atoms with E-state index in [0.717, 1.165) is 0 Å². The molecule has 1 aliphatic heterocycles. The van der Waals surface area contributed by atoms with Gasteiger partial charge in [-0.2, -0.15) is 0 Å². The quantitative estimate of drug-likeness (QED) is 0.360. The predicted octanol–water partition coefficient (Wildman–Crippen LogP) is -1.90. The lowest BCUT2D eigenvalue weighted by atomic mass is 10.9. The third kappa shape index (κ3) is 0.484. The Kier molecular flexibility index (Phi) is 0.774. The fourth-order valence-corrected chi connectivity index (χ4v) is 0.229. The Bertz CT molecular complexity index is 74.8. The van der Waals surface area contributed by atoms with Gasteiger partial charge in [-0.05, 0) is 0 Å². The van der Waals surface area contributed by atoms with Gasteiger partial charge in [0.15, 0.2) is 6.26 Å². The minimum Gasteiger partial charge on any atom is -0.308 e. The summed E-state index contributed by atoms with van der Waals surface area (Å²) in [6.07, 6.45) is 4.77. The van der Waals surface area contributed by atoms with Crippen molar-refractivity contribution in [1.29, 1.82) is 0 Å². The molecule has 6 heavy (non-hydrogen) atoms. The van der Waals surface area contributed by atoms with Crippen LogP contribution in [-0.2, 0) is 4.84 Å². The summed E-state index contributed by atoms with van der Waals surface area (Å²) in [6, 6.07) is 0. The summed E-state index contributed by atoms with van der Waals surface area (Å²) in [5.74, 6) is 0. The molecule has 0 saturated heterocycles. The number of nitrogens with one attached hydrogen (secondary N) is 2. The average molecular weight is 85.1 g/mol. The van der Waals surface area contributed by atoms with Crippen molar-refractivity contribution in [1.82, 2.24) is 5.48 Å². The van der Waals surface area contributed by atoms with Crippen LogP contribution in [0.25, 0.3) is 0 Å². The zero-order chi connectivity index (χ0) is 4.24. The molecule has 0 saturated carbocycles. The van der Waals surface area contributed by atoms with E-state index in [9.17, 15) is 0 Å². The maximum Gasteiger partial charge on any atom is 0.274 e. The van der Waals surface area contributed by atoms with Gasteiger partial charge >= 0.3 is 0 Å². The Morgan fingerprint density at radius 3 is 2.83 bits per heavy atom. The molecule has 0 aromatic heterocycles. The standard InChI is InChI=1S/C3H4N2O/c1-2-6-5-3-4-1/h1-3H,(H,4,5)/p+1. The lowest BCUT2D eigenvalue weighted by molar-refractivity contribution is -0.379. The van der Waals surface area contributed by atoms with E-state index in [-0.39, 0.29) is 0 Å². The van der Waals surface area contributed by atoms with Gasteiger partial charge in [-0.15, -0.1) is 0 Å². The molecule has 0 bridgehead atoms. The Balaban J connectivity index is 2.46. The highest BCUT2D eigenvalue weighted by Crippen LogP contribution is 1.60. The van der Waals surface area contributed by atoms with Gasteiger partial charge in [0.25, 0.3) is 6.34 Å². The topological polar surface area (TPSA) is 35.2 Å². The van der Waals surface area contributed by atoms with Gasteiger partial charge in [-0.1, -0.05) is 5.48 Å². The van der Waals surface area contributed by atoms with Gasteiger partial charge in [-0.25, -0.2) is 4.99 Å². The lowest BCUT2D eigenvalue weighted by Crippen LogP contribution is -2.65. The number of rotatable bonds is 0. The van der Waals surface area contributed by atoms with Crippen molar-refractivity contribution in [3.63, 3.8) is 0 Å². The van der Waals surface area contributed by atoms with E-state index in [0.29, 0.717) is 0 Å². The molecule has 0 radical (unpaired) electrons. The molecular formula is C3H5N2O+. The smallest absolute Gasteiger partial charge is 0.274 e. The molecule has 1 rings (SSSR count). The third-order valence-corrected chi connectivity index (χ3v) is 0.443. The van der Waals surface area contributed by atoms with Crippen molar-refractivity contribution in [2.75, 3.05) is 0 Å². The van der Waals surface area contributed by atoms with Gasteiger partial charge in [-0.3, -0.25) is 0 Å². The van der Waals surface area contributed by atoms with Crippen molar-refractivity contribution in [3.8, 4) is 0 Å². The van der Waals surface area contributed by atoms with E-state index in [1.54, 1.807) is 12.5 Å². The second-order valence-corrected chi connectivity index (χ2v) is 0.849. The second-order valence-electron chi connectivity index (χ2n) is 0.849. The molecular weight excluding hydrogens is 80.0 g/mol. The maximum absolute atomic E-state index is 4.52. The van der Waals surface area contributed by atoms with Gasteiger partial charge in [0, 0.05) is 0 Å². The summed E-state index contributed by atoms with van der Waals surface area (Å²) in [4.78, 5) is 7.26. The van der Waals surface area contributed by atoms with Gasteiger partial charge in [0.2, 0.25) is 0 Å². The summed E-state index contributed by atoms with van der Waals surface area (Å²) in [5, 5.41) is 0. The second kappa shape index (κ2) is 1.45. The van der Waals surface area contributed by atoms with Crippen molar-refractivity contribution >= 4 is 6.34 Å². The molecule has 0 aliphatic carbocycles. The number of hydroxylamine groups is 1. The lowest BCUT2D eigenvalue weighted by Gasteiger charge is -1.88. The molecule has 3 heteroatoms. The molecule has 2 N–H and O–H groups in total. The molecule has 32 valence electrons. The molecule has 0 atom stereocenters. The summed E-state index contributed by atoms with van der Waals surface area (Å²) in [6.45, 7) is 0. The van der Waals surface area contributed by atoms with Crippen LogP contribution in [0.1, 0.15) is 0 Å². The number of hydrogen-bond donors (Lipinski definition) is 2. The molecule has 1 heterocycles. The minimum atomic E-state index is 1.51. The number of hydrogen-bond acceptors (Lipinski definition) is 2. The van der Waals surface area contributed by atoms with Crippen LogP contribution in [0.15, 0.2) is 12.5 Å². The SMILES string of the molecule is C1=CONC=[NH+]1. The van der Waals surface area contributed by atoms with Crippen LogP contribution in [0, 0.1) is 0 Å². The van der Waals surface area contributed by atoms with E-state index >= 15 is 0 Å². The van der Waals surface area contributed by atoms with Crippen LogP contribution in [0.5, 0.6) is 0 Å². The van der Waals surface area contributed by atoms with Gasteiger partial charge < -0.3 is 4.84 Å². The van der Waals surface area contributed by atoms with E-state index < -0.39 is 0 Å². The van der Waals surface area contributed by atoms with Crippen LogP contribution >= 0.6 is 0 Å². The van der Waals surface area contributed by atoms with E-state index in [2.05, 4.69) is 15.3 Å². The highest BCUT2D eigenvalue weighted by atomic mass is 16.6. The first-order chi connectivity index (χ1) is 3.00. The fourth-order valence-electron chi connectivity index (χ4n) is 0.229. The van der Waals surface area contributed by atoms with Crippen molar-refractivity contribution in [3.05, 3.63) is 12.5 Å². The molecule has 0 aromatic carbocycles. The first-order valence-corrected chi connectivity index (χ1v) is 1.64. The zero-order valence-corrected chi connectivity index (χ0v) is 3.14. The highest BCUT2D eigenvalue weighted by Gasteiger charge is 1.81. The van der Waals surface area contributed by atoms with E-state index in [1.165, 1.54) is 6.26 Å². The first-order valence-electron chi connectivity index (χ1n) is 1.64. The van der Waals surface area contributed by atoms with Gasteiger partial charge in [0.1, 0.15) is 6.20 Å². The summed E-state index contributed by atoms with van der Waals surface area (Å²) < 4.78 is 0. The Labute approximate surface area is 35.3 Å². The predicted molar refractivity (Wildman–Crippen MR) is 20.4 cm³/mol. The van der Waals surface area contributed by atoms with Crippen molar-refractivity contribution in [2.45, 2.75) is 0 Å². The van der Waals surface area contributed by atoms with Crippen LogP contribution in [0.2, 0.25) is 0 Å². The van der Waals surface area contributed by atoms with Crippen molar-refractivity contribution in [2.24, 2.45) is 0 Å². The molecule has 0 spiro atoms. The Morgan fingerprint density at radius 2 is 2.67 bits per heavy atom. The van der Waals surface area contributed by atoms with Crippen LogP contribution < -0.4 is 10.5 Å². The molecule has 1 aliphatic rings. The third-order valence-electron chi connectivity index (χ3n) is 0.443. The van der Waals surface area contributed by atoms with E-state index in [4.69, 9.17) is 0 Å². The van der Waals surface area contributed by atoms with Gasteiger partial charge in [0.05, 0.1) is 0 Å². The minimum absolute atomic E-state index is 1.51. The van der Waals surface area contributed by atoms with Crippen LogP contribution in [-0.4, -0.2) is 6.34 Å². The summed E-state index contributed by atoms with van der Waals surface area (Å²) >= 11 is 0. The largest absolute Gasteiger partial charge is 0.308 e. The first kappa shape index (κ1) is 3.21. The average Bonchev–Trinajstić information content (AvgIpc) is 1.72. The fraction of sp³-hybridized carbons (Fsp3) is 0. The summed E-state index contributed by atoms with van der Waals surface area (Å²) in [5.41, 5.74) is 2.46. The van der Waals surface area contributed by atoms with Crippen LogP contribution in [0.3, 0.4) is 0 Å². The van der Waals surface area contributed by atoms with E-state index in [1.807, 2.05) is 0 Å². The molecule has 3 nitrogen and oxygen atoms in total. The highest BCUT2D eigenvalue weighted by molar-refractivity contribution is 5.45. The molecule has 0 amide bonds. The van der Waals surface area contributed by atoms with Crippen LogP contribution in [0.4, 0.5) is 0 Å². The van der Waals surface area contributed by atoms with Crippen molar-refractivity contribution < 1.29 is 9.83 Å². The zero-order valence-electron chi connectivity index (χ0n) is 3.14. The molecule has 0 fully saturated rings.